The maximum absolute atomic E-state index is 5.46. The lowest BCUT2D eigenvalue weighted by Gasteiger charge is -2.30. The molecule has 3 rings (SSSR count). The van der Waals surface area contributed by atoms with Crippen LogP contribution in [0.5, 0.6) is 0 Å². The largest absolute Gasteiger partial charge is 0.381 e. The molecule has 0 aliphatic carbocycles. The lowest BCUT2D eigenvalue weighted by molar-refractivity contribution is 0.162. The number of hydrogen-bond acceptors (Lipinski definition) is 2. The molecule has 0 bridgehead atoms. The Hall–Kier alpha value is -0.860. The van der Waals surface area contributed by atoms with Crippen LogP contribution < -0.4 is 0 Å². The third-order valence-corrected chi connectivity index (χ3v) is 3.99. The Morgan fingerprint density at radius 3 is 3.12 bits per heavy atom. The molecular weight excluding hydrogens is 210 g/mol. The van der Waals surface area contributed by atoms with Gasteiger partial charge in [0.1, 0.15) is 0 Å². The van der Waals surface area contributed by atoms with Crippen molar-refractivity contribution < 1.29 is 4.74 Å². The Morgan fingerprint density at radius 2 is 2.29 bits per heavy atom. The van der Waals surface area contributed by atoms with E-state index in [1.54, 1.807) is 5.56 Å². The van der Waals surface area contributed by atoms with E-state index in [2.05, 4.69) is 30.0 Å². The Bertz CT molecular complexity index is 396. The lowest BCUT2D eigenvalue weighted by Crippen LogP contribution is -2.34. The molecule has 1 atom stereocenters. The van der Waals surface area contributed by atoms with Crippen molar-refractivity contribution in [3.05, 3.63) is 34.9 Å². The molecule has 0 amide bonds. The first-order valence-corrected chi connectivity index (χ1v) is 6.70. The molecule has 1 unspecified atom stereocenters. The first-order valence-electron chi connectivity index (χ1n) is 6.70. The molecule has 2 heterocycles. The fourth-order valence-electron chi connectivity index (χ4n) is 2.99. The topological polar surface area (TPSA) is 12.5 Å². The average molecular weight is 231 g/mol. The SMILES string of the molecule is Cc1ccc2c(c1)CN(CC1CCOC1)CC2. The lowest BCUT2D eigenvalue weighted by atomic mass is 9.97. The average Bonchev–Trinajstić information content (AvgIpc) is 2.81. The summed E-state index contributed by atoms with van der Waals surface area (Å²) in [6.45, 7) is 7.68. The highest BCUT2D eigenvalue weighted by molar-refractivity contribution is 5.33. The Kier molecular flexibility index (Phi) is 3.17. The van der Waals surface area contributed by atoms with Gasteiger partial charge in [-0.1, -0.05) is 23.8 Å². The summed E-state index contributed by atoms with van der Waals surface area (Å²) in [6, 6.07) is 6.90. The van der Waals surface area contributed by atoms with E-state index in [-0.39, 0.29) is 0 Å². The van der Waals surface area contributed by atoms with Crippen LogP contribution >= 0.6 is 0 Å². The maximum atomic E-state index is 5.46. The summed E-state index contributed by atoms with van der Waals surface area (Å²) < 4.78 is 5.46. The molecule has 0 N–H and O–H groups in total. The minimum absolute atomic E-state index is 0.765. The molecule has 0 radical (unpaired) electrons. The van der Waals surface area contributed by atoms with Crippen LogP contribution in [0.1, 0.15) is 23.1 Å². The van der Waals surface area contributed by atoms with Crippen LogP contribution in [-0.4, -0.2) is 31.2 Å². The number of rotatable bonds is 2. The minimum Gasteiger partial charge on any atom is -0.381 e. The van der Waals surface area contributed by atoms with Crippen LogP contribution in [0.2, 0.25) is 0 Å². The quantitative estimate of drug-likeness (QED) is 0.775. The fraction of sp³-hybridized carbons (Fsp3) is 0.600. The fourth-order valence-corrected chi connectivity index (χ4v) is 2.99. The monoisotopic (exact) mass is 231 g/mol. The van der Waals surface area contributed by atoms with Gasteiger partial charge in [0.2, 0.25) is 0 Å². The third kappa shape index (κ3) is 2.53. The van der Waals surface area contributed by atoms with E-state index in [1.807, 2.05) is 0 Å². The van der Waals surface area contributed by atoms with Crippen molar-refractivity contribution >= 4 is 0 Å². The molecule has 0 spiro atoms. The first kappa shape index (κ1) is 11.2. The number of benzene rings is 1. The predicted molar refractivity (Wildman–Crippen MR) is 69.1 cm³/mol. The van der Waals surface area contributed by atoms with Gasteiger partial charge in [-0.15, -0.1) is 0 Å². The van der Waals surface area contributed by atoms with Crippen molar-refractivity contribution in [2.24, 2.45) is 5.92 Å². The van der Waals surface area contributed by atoms with Gasteiger partial charge in [-0.05, 0) is 36.8 Å². The number of nitrogens with zero attached hydrogens (tertiary/aromatic N) is 1. The molecule has 0 aromatic heterocycles. The van der Waals surface area contributed by atoms with E-state index in [0.717, 1.165) is 25.7 Å². The number of aryl methyl sites for hydroxylation is 1. The van der Waals surface area contributed by atoms with Gasteiger partial charge >= 0.3 is 0 Å². The summed E-state index contributed by atoms with van der Waals surface area (Å²) in [4.78, 5) is 2.60. The van der Waals surface area contributed by atoms with Gasteiger partial charge in [0.05, 0.1) is 6.61 Å². The smallest absolute Gasteiger partial charge is 0.0507 e. The van der Waals surface area contributed by atoms with Gasteiger partial charge in [0.15, 0.2) is 0 Å². The molecule has 0 saturated carbocycles. The van der Waals surface area contributed by atoms with Gasteiger partial charge < -0.3 is 4.74 Å². The van der Waals surface area contributed by atoms with Crippen molar-refractivity contribution in [1.82, 2.24) is 4.90 Å². The molecule has 92 valence electrons. The highest BCUT2D eigenvalue weighted by Gasteiger charge is 2.22. The van der Waals surface area contributed by atoms with Crippen LogP contribution in [0.3, 0.4) is 0 Å². The number of ether oxygens (including phenoxy) is 1. The van der Waals surface area contributed by atoms with Crippen LogP contribution in [0.15, 0.2) is 18.2 Å². The summed E-state index contributed by atoms with van der Waals surface area (Å²) in [5, 5.41) is 0. The van der Waals surface area contributed by atoms with Crippen LogP contribution in [0.4, 0.5) is 0 Å². The van der Waals surface area contributed by atoms with E-state index >= 15 is 0 Å². The second kappa shape index (κ2) is 4.79. The molecule has 1 aromatic rings. The second-order valence-corrected chi connectivity index (χ2v) is 5.49. The molecule has 2 heteroatoms. The summed E-state index contributed by atoms with van der Waals surface area (Å²) in [5.41, 5.74) is 4.47. The van der Waals surface area contributed by atoms with E-state index in [0.29, 0.717) is 0 Å². The molecule has 1 aromatic carbocycles. The van der Waals surface area contributed by atoms with E-state index in [9.17, 15) is 0 Å². The van der Waals surface area contributed by atoms with Gasteiger partial charge in [0, 0.05) is 26.2 Å². The number of fused-ring (bicyclic) bond motifs is 1. The van der Waals surface area contributed by atoms with Gasteiger partial charge in [0.25, 0.3) is 0 Å². The predicted octanol–water partition coefficient (Wildman–Crippen LogP) is 2.39. The molecule has 2 nitrogen and oxygen atoms in total. The third-order valence-electron chi connectivity index (χ3n) is 3.99. The molecule has 2 aliphatic heterocycles. The van der Waals surface area contributed by atoms with Gasteiger partial charge in [-0.2, -0.15) is 0 Å². The van der Waals surface area contributed by atoms with E-state index < -0.39 is 0 Å². The summed E-state index contributed by atoms with van der Waals surface area (Å²) in [5.74, 6) is 0.765. The van der Waals surface area contributed by atoms with Crippen molar-refractivity contribution in [3.8, 4) is 0 Å². The Labute approximate surface area is 104 Å². The summed E-state index contributed by atoms with van der Waals surface area (Å²) in [6.07, 6.45) is 2.46. The summed E-state index contributed by atoms with van der Waals surface area (Å²) >= 11 is 0. The van der Waals surface area contributed by atoms with Crippen molar-refractivity contribution in [2.45, 2.75) is 26.3 Å². The number of hydrogen-bond donors (Lipinski definition) is 0. The normalized spacial score (nSPS) is 24.9. The molecular formula is C15H21NO. The van der Waals surface area contributed by atoms with Gasteiger partial charge in [-0.25, -0.2) is 0 Å². The standard InChI is InChI=1S/C15H21NO/c1-12-2-3-14-4-6-16(10-15(14)8-12)9-13-5-7-17-11-13/h2-3,8,13H,4-7,9-11H2,1H3. The molecule has 1 saturated heterocycles. The second-order valence-electron chi connectivity index (χ2n) is 5.49. The van der Waals surface area contributed by atoms with Gasteiger partial charge in [-0.3, -0.25) is 4.90 Å². The van der Waals surface area contributed by atoms with Crippen LogP contribution in [0.25, 0.3) is 0 Å². The summed E-state index contributed by atoms with van der Waals surface area (Å²) in [7, 11) is 0. The maximum Gasteiger partial charge on any atom is 0.0507 e. The first-order chi connectivity index (χ1) is 8.31. The minimum atomic E-state index is 0.765. The van der Waals surface area contributed by atoms with Crippen molar-refractivity contribution in [3.63, 3.8) is 0 Å². The zero-order chi connectivity index (χ0) is 11.7. The highest BCUT2D eigenvalue weighted by Crippen LogP contribution is 2.22. The van der Waals surface area contributed by atoms with E-state index in [1.165, 1.54) is 37.1 Å². The van der Waals surface area contributed by atoms with Crippen molar-refractivity contribution in [2.75, 3.05) is 26.3 Å². The molecule has 17 heavy (non-hydrogen) atoms. The van der Waals surface area contributed by atoms with Crippen LogP contribution in [0, 0.1) is 12.8 Å². The highest BCUT2D eigenvalue weighted by atomic mass is 16.5. The zero-order valence-corrected chi connectivity index (χ0v) is 10.6. The Balaban J connectivity index is 1.67. The van der Waals surface area contributed by atoms with Crippen LogP contribution in [-0.2, 0) is 17.7 Å². The molecule has 1 fully saturated rings. The molecule has 2 aliphatic rings. The van der Waals surface area contributed by atoms with E-state index in [4.69, 9.17) is 4.74 Å². The zero-order valence-electron chi connectivity index (χ0n) is 10.6. The van der Waals surface area contributed by atoms with Crippen molar-refractivity contribution in [1.29, 1.82) is 0 Å². The Morgan fingerprint density at radius 1 is 1.35 bits per heavy atom.